The van der Waals surface area contributed by atoms with Crippen molar-refractivity contribution in [2.45, 2.75) is 57.7 Å². The Kier molecular flexibility index (Phi) is 8.90. The first-order valence-electron chi connectivity index (χ1n) is 10.1. The summed E-state index contributed by atoms with van der Waals surface area (Å²) < 4.78 is 41.5. The van der Waals surface area contributed by atoms with Gasteiger partial charge in [-0.1, -0.05) is 56.2 Å². The number of aliphatic hydroxyl groups is 1. The van der Waals surface area contributed by atoms with Gasteiger partial charge in [0.15, 0.2) is 0 Å². The maximum atomic E-state index is 13.8. The van der Waals surface area contributed by atoms with Gasteiger partial charge in [0.25, 0.3) is 0 Å². The quantitative estimate of drug-likeness (QED) is 0.201. The van der Waals surface area contributed by atoms with E-state index in [2.05, 4.69) is 28.7 Å². The molecule has 7 nitrogen and oxygen atoms in total. The number of aliphatic hydroxyl groups excluding tert-OH is 1. The highest BCUT2D eigenvalue weighted by Crippen LogP contribution is 2.38. The van der Waals surface area contributed by atoms with Crippen molar-refractivity contribution in [2.75, 3.05) is 6.61 Å². The van der Waals surface area contributed by atoms with E-state index in [4.69, 9.17) is 16.5 Å². The van der Waals surface area contributed by atoms with Gasteiger partial charge in [0.1, 0.15) is 10.0 Å². The summed E-state index contributed by atoms with van der Waals surface area (Å²) in [5.41, 5.74) is 3.80. The van der Waals surface area contributed by atoms with E-state index < -0.39 is 17.3 Å². The zero-order valence-corrected chi connectivity index (χ0v) is 18.9. The van der Waals surface area contributed by atoms with Crippen molar-refractivity contribution in [1.29, 1.82) is 0 Å². The SMILES string of the molecule is C=C(/N=C(/CCCCCC)ON)c1ccc(-c2nnc([C@@](C)(N)CO)s2)cc1C(F)(F)F. The molecule has 1 atom stereocenters. The number of hydrogen-bond acceptors (Lipinski definition) is 8. The molecule has 2 aromatic rings. The molecule has 0 fully saturated rings. The first kappa shape index (κ1) is 25.9. The van der Waals surface area contributed by atoms with Crippen LogP contribution in [0, 0.1) is 0 Å². The summed E-state index contributed by atoms with van der Waals surface area (Å²) in [4.78, 5) is 8.84. The van der Waals surface area contributed by atoms with Crippen molar-refractivity contribution >= 4 is 22.9 Å². The molecule has 0 aliphatic carbocycles. The van der Waals surface area contributed by atoms with Crippen LogP contribution in [0.15, 0.2) is 29.8 Å². The summed E-state index contributed by atoms with van der Waals surface area (Å²) in [6.45, 7) is 6.94. The molecule has 5 N–H and O–H groups in total. The average Bonchev–Trinajstić information content (AvgIpc) is 3.26. The Morgan fingerprint density at radius 1 is 1.25 bits per heavy atom. The van der Waals surface area contributed by atoms with Gasteiger partial charge in [-0.3, -0.25) is 0 Å². The van der Waals surface area contributed by atoms with Crippen LogP contribution in [0.2, 0.25) is 0 Å². The molecular formula is C21H28F3N5O2S. The highest BCUT2D eigenvalue weighted by atomic mass is 32.1. The molecule has 2 rings (SSSR count). The number of aliphatic imine (C=N–C) groups is 1. The maximum Gasteiger partial charge on any atom is 0.417 e. The third-order valence-corrected chi connectivity index (χ3v) is 6.02. The van der Waals surface area contributed by atoms with Crippen LogP contribution in [-0.4, -0.2) is 27.8 Å². The fourth-order valence-electron chi connectivity index (χ4n) is 2.86. The molecule has 32 heavy (non-hydrogen) atoms. The van der Waals surface area contributed by atoms with Crippen LogP contribution in [0.25, 0.3) is 16.3 Å². The molecule has 0 amide bonds. The van der Waals surface area contributed by atoms with E-state index in [1.54, 1.807) is 6.92 Å². The zero-order valence-electron chi connectivity index (χ0n) is 18.1. The Morgan fingerprint density at radius 2 is 1.97 bits per heavy atom. The summed E-state index contributed by atoms with van der Waals surface area (Å²) >= 11 is 1.02. The Morgan fingerprint density at radius 3 is 2.56 bits per heavy atom. The summed E-state index contributed by atoms with van der Waals surface area (Å²) in [6, 6.07) is 3.73. The van der Waals surface area contributed by atoms with Gasteiger partial charge in [0.05, 0.1) is 23.4 Å². The molecule has 1 aromatic carbocycles. The molecule has 0 spiro atoms. The van der Waals surface area contributed by atoms with Gasteiger partial charge in [0, 0.05) is 17.5 Å². The summed E-state index contributed by atoms with van der Waals surface area (Å²) in [5, 5.41) is 17.8. The second kappa shape index (κ2) is 11.0. The zero-order chi connectivity index (χ0) is 23.9. The lowest BCUT2D eigenvalue weighted by atomic mass is 10.0. The van der Waals surface area contributed by atoms with Crippen molar-refractivity contribution in [3.05, 3.63) is 40.9 Å². The molecule has 0 aliphatic rings. The van der Waals surface area contributed by atoms with Crippen LogP contribution in [0.3, 0.4) is 0 Å². The second-order valence-corrected chi connectivity index (χ2v) is 8.60. The van der Waals surface area contributed by atoms with Gasteiger partial charge >= 0.3 is 6.18 Å². The highest BCUT2D eigenvalue weighted by molar-refractivity contribution is 7.14. The van der Waals surface area contributed by atoms with Gasteiger partial charge in [-0.2, -0.15) is 19.1 Å². The van der Waals surface area contributed by atoms with Crippen molar-refractivity contribution in [2.24, 2.45) is 16.6 Å². The third-order valence-electron chi connectivity index (χ3n) is 4.76. The van der Waals surface area contributed by atoms with Crippen molar-refractivity contribution in [3.8, 4) is 10.6 Å². The molecule has 1 heterocycles. The molecule has 0 saturated heterocycles. The van der Waals surface area contributed by atoms with Gasteiger partial charge < -0.3 is 15.7 Å². The molecule has 0 saturated carbocycles. The molecule has 0 radical (unpaired) electrons. The van der Waals surface area contributed by atoms with Crippen LogP contribution < -0.4 is 11.6 Å². The molecule has 0 aliphatic heterocycles. The lowest BCUT2D eigenvalue weighted by Crippen LogP contribution is -2.36. The Balaban J connectivity index is 2.37. The van der Waals surface area contributed by atoms with Gasteiger partial charge in [0.2, 0.25) is 5.90 Å². The van der Waals surface area contributed by atoms with Crippen molar-refractivity contribution in [1.82, 2.24) is 10.2 Å². The van der Waals surface area contributed by atoms with Crippen molar-refractivity contribution in [3.63, 3.8) is 0 Å². The van der Waals surface area contributed by atoms with E-state index in [1.807, 2.05) is 0 Å². The third kappa shape index (κ3) is 6.58. The number of rotatable bonds is 10. The minimum atomic E-state index is -4.66. The number of hydrogen-bond donors (Lipinski definition) is 3. The number of benzene rings is 1. The fourth-order valence-corrected chi connectivity index (χ4v) is 3.75. The first-order valence-corrected chi connectivity index (χ1v) is 10.9. The summed E-state index contributed by atoms with van der Waals surface area (Å²) in [5.74, 6) is 5.38. The van der Waals surface area contributed by atoms with Gasteiger partial charge in [-0.25, -0.2) is 4.99 Å². The Hall–Kier alpha value is -2.34. The van der Waals surface area contributed by atoms with E-state index in [-0.39, 0.29) is 34.3 Å². The standard InChI is InChI=1S/C21H28F3N5O2S/c1-4-5-6-7-8-17(31-26)27-13(2)15-10-9-14(11-16(15)21(22,23)24)18-28-29-19(32-18)20(3,25)12-30/h9-11,30H,2,4-8,12,25-26H2,1,3H3/b27-17-/t20-/m0/s1. The van der Waals surface area contributed by atoms with Crippen LogP contribution in [-0.2, 0) is 16.6 Å². The Bertz CT molecular complexity index is 957. The number of unbranched alkanes of at least 4 members (excludes halogenated alkanes) is 3. The average molecular weight is 472 g/mol. The molecule has 176 valence electrons. The molecule has 0 bridgehead atoms. The van der Waals surface area contributed by atoms with E-state index in [0.717, 1.165) is 43.1 Å². The molecule has 0 unspecified atom stereocenters. The second-order valence-electron chi connectivity index (χ2n) is 7.63. The largest absolute Gasteiger partial charge is 0.417 e. The maximum absolute atomic E-state index is 13.8. The minimum Gasteiger partial charge on any atom is -0.396 e. The number of alkyl halides is 3. The number of halogens is 3. The number of nitrogens with two attached hydrogens (primary N) is 2. The van der Waals surface area contributed by atoms with E-state index >= 15 is 0 Å². The molecule has 1 aromatic heterocycles. The van der Waals surface area contributed by atoms with Crippen LogP contribution in [0.5, 0.6) is 0 Å². The number of aromatic nitrogens is 2. The van der Waals surface area contributed by atoms with Crippen LogP contribution >= 0.6 is 11.3 Å². The predicted octanol–water partition coefficient (Wildman–Crippen LogP) is 4.62. The Labute approximate surface area is 189 Å². The smallest absolute Gasteiger partial charge is 0.396 e. The van der Waals surface area contributed by atoms with E-state index in [1.165, 1.54) is 12.1 Å². The summed E-state index contributed by atoms with van der Waals surface area (Å²) in [6.07, 6.45) is -0.468. The van der Waals surface area contributed by atoms with Crippen LogP contribution in [0.4, 0.5) is 13.2 Å². The van der Waals surface area contributed by atoms with Gasteiger partial charge in [-0.15, -0.1) is 10.2 Å². The minimum absolute atomic E-state index is 0.104. The topological polar surface area (TPSA) is 120 Å². The lowest BCUT2D eigenvalue weighted by molar-refractivity contribution is -0.137. The first-order chi connectivity index (χ1) is 15.0. The lowest BCUT2D eigenvalue weighted by Gasteiger charge is -2.17. The highest BCUT2D eigenvalue weighted by Gasteiger charge is 2.35. The predicted molar refractivity (Wildman–Crippen MR) is 119 cm³/mol. The van der Waals surface area contributed by atoms with E-state index in [0.29, 0.717) is 11.4 Å². The fraction of sp³-hybridized carbons (Fsp3) is 0.476. The monoisotopic (exact) mass is 471 g/mol. The van der Waals surface area contributed by atoms with E-state index in [9.17, 15) is 18.3 Å². The van der Waals surface area contributed by atoms with Crippen molar-refractivity contribution < 1.29 is 23.1 Å². The van der Waals surface area contributed by atoms with Gasteiger partial charge in [-0.05, 0) is 19.4 Å². The summed E-state index contributed by atoms with van der Waals surface area (Å²) in [7, 11) is 0. The molecule has 11 heteroatoms. The molecular weight excluding hydrogens is 443 g/mol. The number of nitrogens with zero attached hydrogens (tertiary/aromatic N) is 3. The normalized spacial score (nSPS) is 14.3. The van der Waals surface area contributed by atoms with Crippen LogP contribution in [0.1, 0.15) is 62.1 Å².